The quantitative estimate of drug-likeness (QED) is 0.121. The van der Waals surface area contributed by atoms with Gasteiger partial charge in [0, 0.05) is 49.9 Å². The predicted molar refractivity (Wildman–Crippen MR) is 200 cm³/mol. The zero-order chi connectivity index (χ0) is 35.4. The Bertz CT molecular complexity index is 2010. The first-order chi connectivity index (χ1) is 25.5. The smallest absolute Gasteiger partial charge is 0.227 e. The molecule has 3 aromatic heterocycles. The third kappa shape index (κ3) is 7.15. The van der Waals surface area contributed by atoms with Gasteiger partial charge in [-0.3, -0.25) is 9.58 Å². The lowest BCUT2D eigenvalue weighted by Crippen LogP contribution is -2.39. The number of rotatable bonds is 12. The van der Waals surface area contributed by atoms with Crippen molar-refractivity contribution in [1.29, 1.82) is 0 Å². The summed E-state index contributed by atoms with van der Waals surface area (Å²) < 4.78 is 3.50. The maximum absolute atomic E-state index is 11.4. The van der Waals surface area contributed by atoms with Crippen LogP contribution in [0.3, 0.4) is 0 Å². The number of piperidine rings is 1. The van der Waals surface area contributed by atoms with E-state index in [4.69, 9.17) is 15.0 Å². The van der Waals surface area contributed by atoms with Crippen LogP contribution in [0.15, 0.2) is 110 Å². The van der Waals surface area contributed by atoms with E-state index in [-0.39, 0.29) is 18.6 Å². The van der Waals surface area contributed by atoms with Crippen molar-refractivity contribution in [1.82, 2.24) is 34.2 Å². The van der Waals surface area contributed by atoms with E-state index in [9.17, 15) is 15.3 Å². The molecule has 12 heteroatoms. The molecule has 268 valence electrons. The second kappa shape index (κ2) is 15.2. The summed E-state index contributed by atoms with van der Waals surface area (Å²) in [4.78, 5) is 17.3. The molecule has 12 nitrogen and oxygen atoms in total. The van der Waals surface area contributed by atoms with E-state index in [2.05, 4.69) is 99.5 Å². The number of anilines is 2. The van der Waals surface area contributed by atoms with Gasteiger partial charge < -0.3 is 30.5 Å². The number of nitrogens with zero attached hydrogens (tertiary/aromatic N) is 7. The molecule has 1 aliphatic carbocycles. The Hall–Kier alpha value is -5.14. The third-order valence-electron chi connectivity index (χ3n) is 10.6. The average Bonchev–Trinajstić information content (AvgIpc) is 3.91. The Kier molecular flexibility index (Phi) is 9.95. The highest BCUT2D eigenvalue weighted by molar-refractivity contribution is 5.84. The molecule has 1 unspecified atom stereocenters. The van der Waals surface area contributed by atoms with Crippen molar-refractivity contribution < 1.29 is 15.3 Å². The van der Waals surface area contributed by atoms with Crippen LogP contribution in [-0.2, 0) is 13.2 Å². The highest BCUT2D eigenvalue weighted by Gasteiger charge is 2.44. The summed E-state index contributed by atoms with van der Waals surface area (Å²) in [5.41, 5.74) is 5.51. The van der Waals surface area contributed by atoms with Crippen LogP contribution in [0, 0.1) is 0 Å². The van der Waals surface area contributed by atoms with Gasteiger partial charge in [0.25, 0.3) is 0 Å². The van der Waals surface area contributed by atoms with Gasteiger partial charge >= 0.3 is 0 Å². The summed E-state index contributed by atoms with van der Waals surface area (Å²) >= 11 is 0. The molecule has 2 aliphatic rings. The lowest BCUT2D eigenvalue weighted by molar-refractivity contribution is 0.00720. The highest BCUT2D eigenvalue weighted by atomic mass is 16.3. The second-order valence-corrected chi connectivity index (χ2v) is 14.0. The Labute approximate surface area is 302 Å². The van der Waals surface area contributed by atoms with E-state index >= 15 is 0 Å². The summed E-state index contributed by atoms with van der Waals surface area (Å²) in [7, 11) is 0. The summed E-state index contributed by atoms with van der Waals surface area (Å²) in [6.07, 6.45) is 5.14. The summed E-state index contributed by atoms with van der Waals surface area (Å²) in [5.74, 6) is 1.16. The van der Waals surface area contributed by atoms with E-state index in [1.165, 1.54) is 16.7 Å². The zero-order valence-electron chi connectivity index (χ0n) is 29.0. The molecule has 4 atom stereocenters. The van der Waals surface area contributed by atoms with E-state index in [0.717, 1.165) is 32.5 Å². The minimum absolute atomic E-state index is 0.0605. The molecule has 1 aliphatic heterocycles. The van der Waals surface area contributed by atoms with Crippen molar-refractivity contribution in [3.8, 4) is 0 Å². The molecule has 0 radical (unpaired) electrons. The molecule has 8 rings (SSSR count). The van der Waals surface area contributed by atoms with E-state index in [1.54, 1.807) is 23.4 Å². The summed E-state index contributed by atoms with van der Waals surface area (Å²) in [6.45, 7) is 3.29. The highest BCUT2D eigenvalue weighted by Crippen LogP contribution is 2.40. The van der Waals surface area contributed by atoms with Crippen molar-refractivity contribution in [2.75, 3.05) is 30.3 Å². The molecule has 0 spiro atoms. The normalized spacial score (nSPS) is 21.2. The minimum atomic E-state index is -1.08. The molecular weight excluding hydrogens is 655 g/mol. The summed E-state index contributed by atoms with van der Waals surface area (Å²) in [6, 6.07) is 30.7. The fourth-order valence-electron chi connectivity index (χ4n) is 7.77. The number of aliphatic hydroxyl groups excluding tert-OH is 3. The van der Waals surface area contributed by atoms with Crippen molar-refractivity contribution in [3.63, 3.8) is 0 Å². The number of aliphatic hydroxyl groups is 3. The number of hydrogen-bond acceptors (Lipinski definition) is 10. The molecule has 6 aromatic rings. The van der Waals surface area contributed by atoms with E-state index < -0.39 is 24.3 Å². The van der Waals surface area contributed by atoms with Gasteiger partial charge in [-0.2, -0.15) is 15.1 Å². The number of benzene rings is 3. The molecule has 2 fully saturated rings. The molecule has 4 heterocycles. The number of aromatic nitrogens is 6. The van der Waals surface area contributed by atoms with Gasteiger partial charge in [-0.05, 0) is 36.0 Å². The zero-order valence-corrected chi connectivity index (χ0v) is 29.0. The largest absolute Gasteiger partial charge is 0.392 e. The lowest BCUT2D eigenvalue weighted by atomic mass is 9.91. The first-order valence-electron chi connectivity index (χ1n) is 18.1. The predicted octanol–water partition coefficient (Wildman–Crippen LogP) is 4.74. The van der Waals surface area contributed by atoms with Crippen molar-refractivity contribution in [3.05, 3.63) is 132 Å². The fourth-order valence-corrected chi connectivity index (χ4v) is 7.77. The second-order valence-electron chi connectivity index (χ2n) is 14.0. The van der Waals surface area contributed by atoms with Crippen LogP contribution in [0.25, 0.3) is 11.2 Å². The molecular formula is C40H45N9O3. The van der Waals surface area contributed by atoms with E-state index in [0.29, 0.717) is 41.5 Å². The molecule has 1 saturated heterocycles. The molecule has 0 amide bonds. The standard InChI is InChI=1S/C40H45N9O3/c50-25-28-21-43-49(24-28)34-20-33(36(51)37(34)52)48-26-42-35-38(41-22-32(29-12-6-2-7-13-29)30-14-8-3-9-15-30)45-40(46-39(35)48)44-31-16-18-47(19-17-31)23-27-10-4-1-5-11-27/h1-15,21,24,26,31-34,36-37,50-52H,16-20,22-23,25H2,(H2,41,44,45,46)/t33-,34?,36+,37-/m1/s1. The third-order valence-corrected chi connectivity index (χ3v) is 10.6. The van der Waals surface area contributed by atoms with Crippen LogP contribution < -0.4 is 10.6 Å². The van der Waals surface area contributed by atoms with Crippen molar-refractivity contribution in [2.45, 2.75) is 68.7 Å². The Morgan fingerprint density at radius 1 is 0.788 bits per heavy atom. The maximum atomic E-state index is 11.4. The van der Waals surface area contributed by atoms with Gasteiger partial charge in [-0.15, -0.1) is 0 Å². The van der Waals surface area contributed by atoms with Gasteiger partial charge in [0.2, 0.25) is 5.95 Å². The number of fused-ring (bicyclic) bond motifs is 1. The Balaban J connectivity index is 1.08. The molecule has 1 saturated carbocycles. The van der Waals surface area contributed by atoms with Crippen molar-refractivity contribution in [2.24, 2.45) is 0 Å². The Morgan fingerprint density at radius 3 is 2.10 bits per heavy atom. The van der Waals surface area contributed by atoms with Crippen molar-refractivity contribution >= 4 is 22.9 Å². The van der Waals surface area contributed by atoms with Gasteiger partial charge in [-0.1, -0.05) is 91.0 Å². The van der Waals surface area contributed by atoms with Gasteiger partial charge in [-0.25, -0.2) is 4.98 Å². The van der Waals surface area contributed by atoms with Crippen LogP contribution in [0.2, 0.25) is 0 Å². The first kappa shape index (κ1) is 34.0. The molecule has 52 heavy (non-hydrogen) atoms. The number of nitrogens with one attached hydrogen (secondary N) is 2. The lowest BCUT2D eigenvalue weighted by Gasteiger charge is -2.32. The van der Waals surface area contributed by atoms with Gasteiger partial charge in [0.05, 0.1) is 31.2 Å². The van der Waals surface area contributed by atoms with Crippen LogP contribution in [-0.4, -0.2) is 87.4 Å². The van der Waals surface area contributed by atoms with Crippen LogP contribution in [0.5, 0.6) is 0 Å². The maximum Gasteiger partial charge on any atom is 0.227 e. The van der Waals surface area contributed by atoms with Crippen LogP contribution >= 0.6 is 0 Å². The van der Waals surface area contributed by atoms with Crippen LogP contribution in [0.4, 0.5) is 11.8 Å². The molecule has 0 bridgehead atoms. The number of imidazole rings is 1. The average molecular weight is 700 g/mol. The monoisotopic (exact) mass is 699 g/mol. The number of hydrogen-bond donors (Lipinski definition) is 5. The first-order valence-corrected chi connectivity index (χ1v) is 18.1. The fraction of sp³-hybridized carbons (Fsp3) is 0.350. The Morgan fingerprint density at radius 2 is 1.44 bits per heavy atom. The van der Waals surface area contributed by atoms with Crippen LogP contribution in [0.1, 0.15) is 59.5 Å². The molecule has 5 N–H and O–H groups in total. The minimum Gasteiger partial charge on any atom is -0.392 e. The summed E-state index contributed by atoms with van der Waals surface area (Å²) in [5, 5.41) is 43.8. The van der Waals surface area contributed by atoms with Gasteiger partial charge in [0.1, 0.15) is 12.2 Å². The number of likely N-dealkylation sites (tertiary alicyclic amines) is 1. The van der Waals surface area contributed by atoms with E-state index in [1.807, 2.05) is 16.7 Å². The molecule has 3 aromatic carbocycles. The SMILES string of the molecule is OCc1cnn(C2C[C@@H](n3cnc4c(NCC(c5ccccc5)c5ccccc5)nc(NC5CCN(Cc6ccccc6)CC5)nc43)[C@H](O)[C@@H]2O)c1. The topological polar surface area (TPSA) is 149 Å². The van der Waals surface area contributed by atoms with Gasteiger partial charge in [0.15, 0.2) is 17.0 Å².